The number of benzene rings is 2. The van der Waals surface area contributed by atoms with Crippen LogP contribution in [0.5, 0.6) is 5.75 Å². The summed E-state index contributed by atoms with van der Waals surface area (Å²) < 4.78 is 37.5. The Morgan fingerprint density at radius 3 is 2.59 bits per heavy atom. The van der Waals surface area contributed by atoms with Gasteiger partial charge in [-0.25, -0.2) is 18.6 Å². The Morgan fingerprint density at radius 1 is 1.18 bits per heavy atom. The molecule has 2 aromatic carbocycles. The number of urea groups is 1. The Bertz CT molecular complexity index is 1240. The lowest BCUT2D eigenvalue weighted by molar-refractivity contribution is -0.151. The van der Waals surface area contributed by atoms with Crippen LogP contribution < -0.4 is 4.74 Å². The second kappa shape index (κ2) is 13.5. The van der Waals surface area contributed by atoms with Gasteiger partial charge >= 0.3 is 12.0 Å². The molecule has 0 aliphatic carbocycles. The number of esters is 1. The maximum absolute atomic E-state index is 13.7. The Hall–Kier alpha value is -3.53. The van der Waals surface area contributed by atoms with E-state index in [0.717, 1.165) is 6.07 Å². The fourth-order valence-corrected chi connectivity index (χ4v) is 4.55. The van der Waals surface area contributed by atoms with Crippen molar-refractivity contribution in [2.75, 3.05) is 26.7 Å². The van der Waals surface area contributed by atoms with E-state index in [1.54, 1.807) is 52.1 Å². The lowest BCUT2D eigenvalue weighted by atomic mass is 9.86. The third-order valence-electron chi connectivity index (χ3n) is 6.20. The van der Waals surface area contributed by atoms with E-state index >= 15 is 0 Å². The third kappa shape index (κ3) is 7.98. The summed E-state index contributed by atoms with van der Waals surface area (Å²) in [5.74, 6) is -3.25. The van der Waals surface area contributed by atoms with Crippen LogP contribution in [0.15, 0.2) is 47.5 Å². The van der Waals surface area contributed by atoms with Gasteiger partial charge in [-0.15, -0.1) is 0 Å². The van der Waals surface area contributed by atoms with Gasteiger partial charge < -0.3 is 19.3 Å². The highest BCUT2D eigenvalue weighted by Gasteiger charge is 2.43. The summed E-state index contributed by atoms with van der Waals surface area (Å²) in [7, 11) is 1.61. The minimum atomic E-state index is -0.843. The van der Waals surface area contributed by atoms with Gasteiger partial charge in [0.25, 0.3) is 0 Å². The van der Waals surface area contributed by atoms with E-state index in [-0.39, 0.29) is 37.3 Å². The molecule has 0 bridgehead atoms. The zero-order valence-electron chi connectivity index (χ0n) is 22.3. The van der Waals surface area contributed by atoms with Crippen molar-refractivity contribution < 1.29 is 32.6 Å². The molecule has 2 atom stereocenters. The van der Waals surface area contributed by atoms with E-state index in [1.165, 1.54) is 15.9 Å². The van der Waals surface area contributed by atoms with Crippen molar-refractivity contribution >= 4 is 35.2 Å². The number of carbonyl (C=O) groups is 3. The second-order valence-corrected chi connectivity index (χ2v) is 9.97. The van der Waals surface area contributed by atoms with Crippen LogP contribution in [0.2, 0.25) is 5.02 Å². The molecule has 0 radical (unpaired) electrons. The lowest BCUT2D eigenvalue weighted by Gasteiger charge is -2.39. The van der Waals surface area contributed by atoms with Crippen LogP contribution in [0, 0.1) is 17.6 Å². The Kier molecular flexibility index (Phi) is 10.4. The fraction of sp³-hybridized carbons (Fsp3) is 0.429. The molecular weight excluding hydrogens is 532 g/mol. The van der Waals surface area contributed by atoms with E-state index in [1.807, 2.05) is 0 Å². The molecule has 210 valence electrons. The number of halogens is 3. The van der Waals surface area contributed by atoms with E-state index in [4.69, 9.17) is 21.1 Å². The first-order valence-corrected chi connectivity index (χ1v) is 13.0. The average molecular weight is 564 g/mol. The van der Waals surface area contributed by atoms with Crippen LogP contribution in [0.3, 0.4) is 0 Å². The minimum Gasteiger partial charge on any atom is -0.490 e. The number of hydrogen-bond donors (Lipinski definition) is 0. The summed E-state index contributed by atoms with van der Waals surface area (Å²) in [6.45, 7) is 5.57. The topological polar surface area (TPSA) is 88.5 Å². The van der Waals surface area contributed by atoms with Gasteiger partial charge in [0.15, 0.2) is 11.6 Å². The van der Waals surface area contributed by atoms with Crippen LogP contribution in [0.25, 0.3) is 0 Å². The summed E-state index contributed by atoms with van der Waals surface area (Å²) in [6, 6.07) is 8.74. The molecule has 1 aliphatic heterocycles. The highest BCUT2D eigenvalue weighted by Crippen LogP contribution is 2.36. The SMILES string of the molecule is CC1=NC(=O)N(CCCN(C)C(=O)CCOc2ccc(F)cc2F)C(c2cccc(Cl)c2)C1C(=O)OC(C)C. The fourth-order valence-electron chi connectivity index (χ4n) is 4.35. The first kappa shape index (κ1) is 30.0. The summed E-state index contributed by atoms with van der Waals surface area (Å²) in [5.41, 5.74) is 1.03. The molecule has 3 rings (SSSR count). The van der Waals surface area contributed by atoms with Crippen molar-refractivity contribution in [1.29, 1.82) is 0 Å². The van der Waals surface area contributed by atoms with Crippen LogP contribution in [-0.2, 0) is 14.3 Å². The normalized spacial score (nSPS) is 17.2. The zero-order chi connectivity index (χ0) is 28.7. The molecular formula is C28H32ClF2N3O5. The van der Waals surface area contributed by atoms with E-state index in [0.29, 0.717) is 35.3 Å². The number of carbonyl (C=O) groups excluding carboxylic acids is 3. The maximum atomic E-state index is 13.7. The molecule has 1 heterocycles. The number of amides is 3. The average Bonchev–Trinajstić information content (AvgIpc) is 2.85. The summed E-state index contributed by atoms with van der Waals surface area (Å²) in [6.07, 6.45) is 0.0341. The highest BCUT2D eigenvalue weighted by molar-refractivity contribution is 6.30. The van der Waals surface area contributed by atoms with E-state index < -0.39 is 35.6 Å². The maximum Gasteiger partial charge on any atom is 0.344 e. The third-order valence-corrected chi connectivity index (χ3v) is 6.44. The van der Waals surface area contributed by atoms with Crippen molar-refractivity contribution in [2.45, 2.75) is 45.8 Å². The summed E-state index contributed by atoms with van der Waals surface area (Å²) >= 11 is 6.23. The van der Waals surface area contributed by atoms with E-state index in [9.17, 15) is 23.2 Å². The molecule has 0 aromatic heterocycles. The molecule has 39 heavy (non-hydrogen) atoms. The molecule has 0 fully saturated rings. The van der Waals surface area contributed by atoms with Crippen molar-refractivity contribution in [2.24, 2.45) is 10.9 Å². The molecule has 1 aliphatic rings. The number of aliphatic imine (C=N–C) groups is 1. The van der Waals surface area contributed by atoms with Crippen LogP contribution in [-0.4, -0.2) is 66.3 Å². The van der Waals surface area contributed by atoms with E-state index in [2.05, 4.69) is 4.99 Å². The largest absolute Gasteiger partial charge is 0.490 e. The molecule has 8 nitrogen and oxygen atoms in total. The Morgan fingerprint density at radius 2 is 1.92 bits per heavy atom. The van der Waals surface area contributed by atoms with Gasteiger partial charge in [0, 0.05) is 36.9 Å². The van der Waals surface area contributed by atoms with Gasteiger partial charge in [0.05, 0.1) is 25.2 Å². The second-order valence-electron chi connectivity index (χ2n) is 9.53. The van der Waals surface area contributed by atoms with Crippen LogP contribution >= 0.6 is 11.6 Å². The first-order chi connectivity index (χ1) is 18.5. The molecule has 3 amide bonds. The van der Waals surface area contributed by atoms with Crippen LogP contribution in [0.4, 0.5) is 13.6 Å². The molecule has 2 unspecified atom stereocenters. The predicted octanol–water partition coefficient (Wildman–Crippen LogP) is 5.44. The molecule has 0 saturated carbocycles. The van der Waals surface area contributed by atoms with Gasteiger partial charge in [-0.1, -0.05) is 23.7 Å². The van der Waals surface area contributed by atoms with Crippen molar-refractivity contribution in [3.63, 3.8) is 0 Å². The van der Waals surface area contributed by atoms with Gasteiger partial charge in [-0.05, 0) is 57.0 Å². The predicted molar refractivity (Wildman–Crippen MR) is 143 cm³/mol. The Balaban J connectivity index is 1.65. The van der Waals surface area contributed by atoms with Gasteiger partial charge in [0.1, 0.15) is 11.7 Å². The van der Waals surface area contributed by atoms with Gasteiger partial charge in [0.2, 0.25) is 5.91 Å². The number of rotatable bonds is 11. The quantitative estimate of drug-likeness (QED) is 0.340. The smallest absolute Gasteiger partial charge is 0.344 e. The van der Waals surface area contributed by atoms with Gasteiger partial charge in [-0.3, -0.25) is 9.59 Å². The number of ether oxygens (including phenoxy) is 2. The Labute approximate surface area is 231 Å². The molecule has 2 aromatic rings. The monoisotopic (exact) mass is 563 g/mol. The number of nitrogens with zero attached hydrogens (tertiary/aromatic N) is 3. The minimum absolute atomic E-state index is 0.0201. The summed E-state index contributed by atoms with van der Waals surface area (Å²) in [5, 5.41) is 0.462. The number of hydrogen-bond acceptors (Lipinski definition) is 5. The van der Waals surface area contributed by atoms with Crippen molar-refractivity contribution in [1.82, 2.24) is 9.80 Å². The molecule has 0 saturated heterocycles. The lowest BCUT2D eigenvalue weighted by Crippen LogP contribution is -2.48. The molecule has 11 heteroatoms. The highest BCUT2D eigenvalue weighted by atomic mass is 35.5. The molecule has 0 spiro atoms. The van der Waals surface area contributed by atoms with Crippen molar-refractivity contribution in [3.05, 3.63) is 64.7 Å². The van der Waals surface area contributed by atoms with Crippen LogP contribution in [0.1, 0.15) is 45.2 Å². The zero-order valence-corrected chi connectivity index (χ0v) is 23.1. The molecule has 0 N–H and O–H groups in total. The van der Waals surface area contributed by atoms with Gasteiger partial charge in [-0.2, -0.15) is 0 Å². The first-order valence-electron chi connectivity index (χ1n) is 12.6. The summed E-state index contributed by atoms with van der Waals surface area (Å²) in [4.78, 5) is 45.7. The standard InChI is InChI=1S/C28H32ClF2N3O5/c1-17(2)39-27(36)25-18(3)32-28(37)34(26(25)19-7-5-8-20(29)15-19)13-6-12-33(4)24(35)11-14-38-23-10-9-21(30)16-22(23)31/h5,7-10,15-17,25-26H,6,11-14H2,1-4H3. The van der Waals surface area contributed by atoms with Crippen molar-refractivity contribution in [3.8, 4) is 5.75 Å².